The van der Waals surface area contributed by atoms with E-state index in [0.29, 0.717) is 30.9 Å². The predicted octanol–water partition coefficient (Wildman–Crippen LogP) is 4.42. The average molecular weight is 453 g/mol. The number of carbonyl (C=O) groups excluding carboxylic acids is 2. The van der Waals surface area contributed by atoms with Gasteiger partial charge in [-0.05, 0) is 56.4 Å². The topological polar surface area (TPSA) is 67.9 Å². The number of benzene rings is 2. The van der Waals surface area contributed by atoms with Gasteiger partial charge in [0, 0.05) is 19.0 Å². The van der Waals surface area contributed by atoms with Gasteiger partial charge < -0.3 is 19.7 Å². The second-order valence-corrected chi connectivity index (χ2v) is 8.87. The molecule has 6 heteroatoms. The highest BCUT2D eigenvalue weighted by atomic mass is 16.5. The standard InChI is InChI=1S/C27H36N2O4/c1-19-8-7-9-22(16-19)18-29(20(2)27(31)28-23-10-5-6-11-23)26(30)15-13-21-12-14-24(32-3)25(17-21)33-4/h7-9,12,14,16-17,20,23H,5-6,10-11,13,15,18H2,1-4H3,(H,28,31). The largest absolute Gasteiger partial charge is 0.493 e. The van der Waals surface area contributed by atoms with E-state index in [9.17, 15) is 9.59 Å². The molecule has 0 bridgehead atoms. The van der Waals surface area contributed by atoms with Gasteiger partial charge in [-0.25, -0.2) is 0 Å². The van der Waals surface area contributed by atoms with E-state index in [-0.39, 0.29) is 17.9 Å². The van der Waals surface area contributed by atoms with Gasteiger partial charge >= 0.3 is 0 Å². The fourth-order valence-electron chi connectivity index (χ4n) is 4.41. The van der Waals surface area contributed by atoms with Crippen molar-refractivity contribution >= 4 is 11.8 Å². The summed E-state index contributed by atoms with van der Waals surface area (Å²) in [5, 5.41) is 3.15. The van der Waals surface area contributed by atoms with Gasteiger partial charge in [0.15, 0.2) is 11.5 Å². The molecule has 0 radical (unpaired) electrons. The predicted molar refractivity (Wildman–Crippen MR) is 129 cm³/mol. The molecule has 1 atom stereocenters. The molecule has 2 aromatic carbocycles. The summed E-state index contributed by atoms with van der Waals surface area (Å²) in [7, 11) is 3.20. The van der Waals surface area contributed by atoms with Gasteiger partial charge in [-0.1, -0.05) is 48.7 Å². The zero-order valence-electron chi connectivity index (χ0n) is 20.2. The number of hydrogen-bond donors (Lipinski definition) is 1. The molecule has 0 aliphatic heterocycles. The average Bonchev–Trinajstić information content (AvgIpc) is 3.33. The maximum absolute atomic E-state index is 13.4. The number of nitrogens with one attached hydrogen (secondary N) is 1. The van der Waals surface area contributed by atoms with E-state index in [1.807, 2.05) is 50.2 Å². The molecule has 1 aliphatic rings. The summed E-state index contributed by atoms with van der Waals surface area (Å²) in [6.45, 7) is 4.27. The number of amides is 2. The number of nitrogens with zero attached hydrogens (tertiary/aromatic N) is 1. The molecule has 0 spiro atoms. The van der Waals surface area contributed by atoms with Crippen molar-refractivity contribution in [2.24, 2.45) is 0 Å². The van der Waals surface area contributed by atoms with Crippen molar-refractivity contribution in [3.63, 3.8) is 0 Å². The highest BCUT2D eigenvalue weighted by Gasteiger charge is 2.28. The lowest BCUT2D eigenvalue weighted by molar-refractivity contribution is -0.140. The lowest BCUT2D eigenvalue weighted by Gasteiger charge is -2.30. The summed E-state index contributed by atoms with van der Waals surface area (Å²) in [6, 6.07) is 13.5. The van der Waals surface area contributed by atoms with Crippen LogP contribution in [0.1, 0.15) is 55.7 Å². The van der Waals surface area contributed by atoms with Gasteiger partial charge in [-0.2, -0.15) is 0 Å². The summed E-state index contributed by atoms with van der Waals surface area (Å²) in [5.41, 5.74) is 3.14. The Labute approximate surface area is 197 Å². The SMILES string of the molecule is COc1ccc(CCC(=O)N(Cc2cccc(C)c2)C(C)C(=O)NC2CCCC2)cc1OC. The van der Waals surface area contributed by atoms with Crippen LogP contribution in [0.5, 0.6) is 11.5 Å². The summed E-state index contributed by atoms with van der Waals surface area (Å²) in [4.78, 5) is 28.1. The number of rotatable bonds is 10. The van der Waals surface area contributed by atoms with Crippen LogP contribution in [-0.4, -0.2) is 43.0 Å². The number of carbonyl (C=O) groups is 2. The van der Waals surface area contributed by atoms with E-state index in [1.54, 1.807) is 19.1 Å². The van der Waals surface area contributed by atoms with Gasteiger partial charge in [-0.15, -0.1) is 0 Å². The Balaban J connectivity index is 1.72. The molecule has 0 saturated heterocycles. The van der Waals surface area contributed by atoms with Gasteiger partial charge in [-0.3, -0.25) is 9.59 Å². The van der Waals surface area contributed by atoms with Gasteiger partial charge in [0.2, 0.25) is 11.8 Å². The van der Waals surface area contributed by atoms with Crippen LogP contribution in [0, 0.1) is 6.92 Å². The zero-order valence-corrected chi connectivity index (χ0v) is 20.2. The number of methoxy groups -OCH3 is 2. The van der Waals surface area contributed by atoms with E-state index < -0.39 is 6.04 Å². The van der Waals surface area contributed by atoms with Crippen molar-refractivity contribution in [2.75, 3.05) is 14.2 Å². The van der Waals surface area contributed by atoms with E-state index in [1.165, 1.54) is 0 Å². The lowest BCUT2D eigenvalue weighted by atomic mass is 10.1. The molecular weight excluding hydrogens is 416 g/mol. The molecule has 0 heterocycles. The molecule has 2 aromatic rings. The summed E-state index contributed by atoms with van der Waals surface area (Å²) < 4.78 is 10.7. The Kier molecular flexibility index (Phi) is 8.75. The maximum Gasteiger partial charge on any atom is 0.242 e. The van der Waals surface area contributed by atoms with Crippen LogP contribution in [0.25, 0.3) is 0 Å². The molecule has 6 nitrogen and oxygen atoms in total. The van der Waals surface area contributed by atoms with Crippen LogP contribution >= 0.6 is 0 Å². The number of ether oxygens (including phenoxy) is 2. The minimum absolute atomic E-state index is 0.0413. The second kappa shape index (κ2) is 11.7. The Morgan fingerprint density at radius 1 is 1.03 bits per heavy atom. The van der Waals surface area contributed by atoms with E-state index >= 15 is 0 Å². The Hall–Kier alpha value is -3.02. The smallest absolute Gasteiger partial charge is 0.242 e. The van der Waals surface area contributed by atoms with Crippen LogP contribution in [0.15, 0.2) is 42.5 Å². The fourth-order valence-corrected chi connectivity index (χ4v) is 4.41. The summed E-state index contributed by atoms with van der Waals surface area (Å²) in [5.74, 6) is 1.18. The third-order valence-corrected chi connectivity index (χ3v) is 6.38. The van der Waals surface area contributed by atoms with E-state index in [2.05, 4.69) is 11.4 Å². The quantitative estimate of drug-likeness (QED) is 0.579. The Morgan fingerprint density at radius 2 is 1.76 bits per heavy atom. The first-order chi connectivity index (χ1) is 15.9. The summed E-state index contributed by atoms with van der Waals surface area (Å²) in [6.07, 6.45) is 5.20. The highest BCUT2D eigenvalue weighted by molar-refractivity contribution is 5.87. The molecule has 3 rings (SSSR count). The minimum Gasteiger partial charge on any atom is -0.493 e. The Morgan fingerprint density at radius 3 is 2.42 bits per heavy atom. The monoisotopic (exact) mass is 452 g/mol. The van der Waals surface area contributed by atoms with Crippen molar-refractivity contribution in [1.82, 2.24) is 10.2 Å². The molecule has 1 N–H and O–H groups in total. The molecule has 33 heavy (non-hydrogen) atoms. The molecule has 1 saturated carbocycles. The molecule has 1 fully saturated rings. The van der Waals surface area contributed by atoms with Crippen molar-refractivity contribution < 1.29 is 19.1 Å². The first kappa shape index (κ1) is 24.6. The van der Waals surface area contributed by atoms with Crippen molar-refractivity contribution in [3.05, 3.63) is 59.2 Å². The van der Waals surface area contributed by atoms with Crippen molar-refractivity contribution in [3.8, 4) is 11.5 Å². The van der Waals surface area contributed by atoms with Gasteiger partial charge in [0.1, 0.15) is 6.04 Å². The molecule has 1 unspecified atom stereocenters. The third-order valence-electron chi connectivity index (χ3n) is 6.38. The molecule has 2 amide bonds. The molecule has 178 valence electrons. The zero-order chi connectivity index (χ0) is 23.8. The molecule has 1 aliphatic carbocycles. The van der Waals surface area contributed by atoms with Crippen LogP contribution in [0.4, 0.5) is 0 Å². The minimum atomic E-state index is -0.538. The van der Waals surface area contributed by atoms with E-state index in [4.69, 9.17) is 9.47 Å². The van der Waals surface area contributed by atoms with Crippen LogP contribution in [0.3, 0.4) is 0 Å². The maximum atomic E-state index is 13.4. The van der Waals surface area contributed by atoms with Crippen molar-refractivity contribution in [2.45, 2.75) is 71.0 Å². The molecular formula is C27H36N2O4. The summed E-state index contributed by atoms with van der Waals surface area (Å²) >= 11 is 0. The number of hydrogen-bond acceptors (Lipinski definition) is 4. The highest BCUT2D eigenvalue weighted by Crippen LogP contribution is 2.28. The van der Waals surface area contributed by atoms with Gasteiger partial charge in [0.05, 0.1) is 14.2 Å². The normalized spacial score (nSPS) is 14.5. The van der Waals surface area contributed by atoms with Crippen LogP contribution in [0.2, 0.25) is 0 Å². The third kappa shape index (κ3) is 6.73. The second-order valence-electron chi connectivity index (χ2n) is 8.87. The fraction of sp³-hybridized carbons (Fsp3) is 0.481. The van der Waals surface area contributed by atoms with Crippen LogP contribution < -0.4 is 14.8 Å². The van der Waals surface area contributed by atoms with Crippen molar-refractivity contribution in [1.29, 1.82) is 0 Å². The Bertz CT molecular complexity index is 953. The van der Waals surface area contributed by atoms with Crippen LogP contribution in [-0.2, 0) is 22.6 Å². The van der Waals surface area contributed by atoms with Gasteiger partial charge in [0.25, 0.3) is 0 Å². The first-order valence-corrected chi connectivity index (χ1v) is 11.8. The number of aryl methyl sites for hydroxylation is 2. The van der Waals surface area contributed by atoms with E-state index in [0.717, 1.165) is 42.4 Å². The first-order valence-electron chi connectivity index (χ1n) is 11.8. The molecule has 0 aromatic heterocycles. The lowest BCUT2D eigenvalue weighted by Crippen LogP contribution is -2.49.